The fraction of sp³-hybridized carbons (Fsp3) is 0.500. The average Bonchev–Trinajstić information content (AvgIpc) is 3.14. The van der Waals surface area contributed by atoms with E-state index >= 15 is 0 Å². The summed E-state index contributed by atoms with van der Waals surface area (Å²) >= 11 is 1.73. The van der Waals surface area contributed by atoms with Gasteiger partial charge in [0.05, 0.1) is 19.3 Å². The third kappa shape index (κ3) is 4.92. The Morgan fingerprint density at radius 3 is 2.59 bits per heavy atom. The van der Waals surface area contributed by atoms with Gasteiger partial charge in [0.1, 0.15) is 5.56 Å². The summed E-state index contributed by atoms with van der Waals surface area (Å²) in [5.74, 6) is -0.0218. The number of hydrogen-bond donors (Lipinski definition) is 3. The lowest BCUT2D eigenvalue weighted by molar-refractivity contribution is 0.0773. The quantitative estimate of drug-likeness (QED) is 0.620. The second-order valence-electron chi connectivity index (χ2n) is 7.53. The maximum absolute atomic E-state index is 11.9. The molecule has 0 radical (unpaired) electrons. The van der Waals surface area contributed by atoms with Crippen LogP contribution in [0, 0.1) is 0 Å². The highest BCUT2D eigenvalue weighted by Crippen LogP contribution is 2.30. The van der Waals surface area contributed by atoms with Crippen LogP contribution in [0.3, 0.4) is 0 Å². The van der Waals surface area contributed by atoms with E-state index in [9.17, 15) is 4.79 Å². The molecule has 9 heteroatoms. The van der Waals surface area contributed by atoms with Gasteiger partial charge in [0.25, 0.3) is 5.91 Å². The van der Waals surface area contributed by atoms with Gasteiger partial charge in [-0.3, -0.25) is 9.48 Å². The van der Waals surface area contributed by atoms with Gasteiger partial charge in [-0.2, -0.15) is 5.10 Å². The minimum atomic E-state index is -0.498. The predicted octanol–water partition coefficient (Wildman–Crippen LogP) is 2.51. The van der Waals surface area contributed by atoms with Crippen molar-refractivity contribution < 1.29 is 9.53 Å². The molecule has 156 valence electrons. The third-order valence-electron chi connectivity index (χ3n) is 5.44. The van der Waals surface area contributed by atoms with Gasteiger partial charge >= 0.3 is 0 Å². The van der Waals surface area contributed by atoms with Gasteiger partial charge in [0.15, 0.2) is 5.82 Å². The Labute approximate surface area is 175 Å². The first kappa shape index (κ1) is 20.2. The number of nitrogens with one attached hydrogen (secondary N) is 1. The van der Waals surface area contributed by atoms with Gasteiger partial charge in [-0.15, -0.1) is 0 Å². The van der Waals surface area contributed by atoms with Gasteiger partial charge < -0.3 is 21.5 Å². The summed E-state index contributed by atoms with van der Waals surface area (Å²) in [6.45, 7) is 3.40. The lowest BCUT2D eigenvalue weighted by atomic mass is 9.91. The average molecular weight is 417 g/mol. The third-order valence-corrected chi connectivity index (χ3v) is 6.55. The van der Waals surface area contributed by atoms with Crippen molar-refractivity contribution in [3.63, 3.8) is 0 Å². The van der Waals surface area contributed by atoms with Gasteiger partial charge in [-0.05, 0) is 49.1 Å². The smallest absolute Gasteiger partial charge is 0.254 e. The highest BCUT2D eigenvalue weighted by Gasteiger charge is 2.26. The Balaban J connectivity index is 1.47. The molecule has 2 atom stereocenters. The molecule has 1 saturated carbocycles. The summed E-state index contributed by atoms with van der Waals surface area (Å²) in [6.07, 6.45) is 5.93. The number of hydrogen-bond acceptors (Lipinski definition) is 7. The highest BCUT2D eigenvalue weighted by atomic mass is 32.2. The molecule has 1 aliphatic carbocycles. The lowest BCUT2D eigenvalue weighted by Crippen LogP contribution is -2.35. The Morgan fingerprint density at radius 1 is 1.17 bits per heavy atom. The van der Waals surface area contributed by atoms with Crippen LogP contribution in [0.25, 0.3) is 0 Å². The largest absolute Gasteiger partial charge is 0.379 e. The number of benzene rings is 1. The molecule has 2 unspecified atom stereocenters. The maximum atomic E-state index is 11.9. The van der Waals surface area contributed by atoms with Crippen LogP contribution >= 0.6 is 11.9 Å². The molecule has 1 aromatic carbocycles. The fourth-order valence-electron chi connectivity index (χ4n) is 3.83. The standard InChI is InChI=1S/C20H28N6O2S/c21-17-3-1-2-4-18(17)26-13-16(19(22)27)20(24-26)23-14-5-7-15(8-6-14)29-25-9-11-28-12-10-25/h5-8,13,17-18H,1-4,9-12,21H2,(H2,22,27)(H,23,24). The molecule has 0 bridgehead atoms. The number of carbonyl (C=O) groups is 1. The molecule has 2 aromatic rings. The molecule has 1 aromatic heterocycles. The molecule has 2 heterocycles. The van der Waals surface area contributed by atoms with Crippen LogP contribution in [-0.4, -0.2) is 52.3 Å². The summed E-state index contributed by atoms with van der Waals surface area (Å²) in [5.41, 5.74) is 13.1. The Hall–Kier alpha value is -2.07. The lowest BCUT2D eigenvalue weighted by Gasteiger charge is -2.28. The zero-order valence-corrected chi connectivity index (χ0v) is 17.2. The number of morpholine rings is 1. The zero-order valence-electron chi connectivity index (χ0n) is 16.4. The molecule has 1 aliphatic heterocycles. The summed E-state index contributed by atoms with van der Waals surface area (Å²) in [7, 11) is 0. The van der Waals surface area contributed by atoms with Crippen molar-refractivity contribution in [1.82, 2.24) is 14.1 Å². The topological polar surface area (TPSA) is 111 Å². The maximum Gasteiger partial charge on any atom is 0.254 e. The van der Waals surface area contributed by atoms with E-state index in [4.69, 9.17) is 16.2 Å². The Bertz CT molecular complexity index is 834. The first-order chi connectivity index (χ1) is 14.1. The Kier molecular flexibility index (Phi) is 6.39. The summed E-state index contributed by atoms with van der Waals surface area (Å²) < 4.78 is 9.50. The van der Waals surface area contributed by atoms with E-state index in [0.29, 0.717) is 11.4 Å². The molecule has 2 aliphatic rings. The molecule has 1 saturated heterocycles. The van der Waals surface area contributed by atoms with E-state index in [-0.39, 0.29) is 12.1 Å². The van der Waals surface area contributed by atoms with Crippen molar-refractivity contribution in [1.29, 1.82) is 0 Å². The first-order valence-corrected chi connectivity index (χ1v) is 10.9. The van der Waals surface area contributed by atoms with Gasteiger partial charge in [-0.1, -0.05) is 12.8 Å². The van der Waals surface area contributed by atoms with Gasteiger partial charge in [0, 0.05) is 35.9 Å². The molecular weight excluding hydrogens is 388 g/mol. The predicted molar refractivity (Wildman–Crippen MR) is 114 cm³/mol. The second kappa shape index (κ2) is 9.17. The van der Waals surface area contributed by atoms with Crippen molar-refractivity contribution in [3.05, 3.63) is 36.0 Å². The van der Waals surface area contributed by atoms with Crippen LogP contribution in [0.1, 0.15) is 42.1 Å². The number of nitrogens with two attached hydrogens (primary N) is 2. The minimum absolute atomic E-state index is 0.0497. The van der Waals surface area contributed by atoms with Crippen LogP contribution in [-0.2, 0) is 4.74 Å². The van der Waals surface area contributed by atoms with Crippen molar-refractivity contribution in [2.24, 2.45) is 11.5 Å². The number of ether oxygens (including phenoxy) is 1. The molecule has 8 nitrogen and oxygen atoms in total. The van der Waals surface area contributed by atoms with Crippen molar-refractivity contribution >= 4 is 29.4 Å². The van der Waals surface area contributed by atoms with E-state index in [2.05, 4.69) is 26.9 Å². The van der Waals surface area contributed by atoms with Crippen LogP contribution in [0.2, 0.25) is 0 Å². The monoisotopic (exact) mass is 416 g/mol. The minimum Gasteiger partial charge on any atom is -0.379 e. The number of rotatable bonds is 6. The first-order valence-electron chi connectivity index (χ1n) is 10.1. The van der Waals surface area contributed by atoms with Crippen molar-refractivity contribution in [2.45, 2.75) is 42.7 Å². The van der Waals surface area contributed by atoms with E-state index < -0.39 is 5.91 Å². The molecule has 1 amide bonds. The molecule has 2 fully saturated rings. The highest BCUT2D eigenvalue weighted by molar-refractivity contribution is 7.97. The number of amides is 1. The zero-order chi connectivity index (χ0) is 20.2. The van der Waals surface area contributed by atoms with Crippen LogP contribution < -0.4 is 16.8 Å². The van der Waals surface area contributed by atoms with Crippen LogP contribution in [0.5, 0.6) is 0 Å². The summed E-state index contributed by atoms with van der Waals surface area (Å²) in [5, 5.41) is 7.86. The molecule has 0 spiro atoms. The summed E-state index contributed by atoms with van der Waals surface area (Å²) in [4.78, 5) is 13.1. The SMILES string of the molecule is NC(=O)c1cn(C2CCCCC2N)nc1Nc1ccc(SN2CCOCC2)cc1. The van der Waals surface area contributed by atoms with Gasteiger partial charge in [-0.25, -0.2) is 4.31 Å². The molecule has 5 N–H and O–H groups in total. The van der Waals surface area contributed by atoms with Crippen molar-refractivity contribution in [3.8, 4) is 0 Å². The van der Waals surface area contributed by atoms with E-state index in [1.807, 2.05) is 16.8 Å². The number of primary amides is 1. The van der Waals surface area contributed by atoms with E-state index in [0.717, 1.165) is 62.6 Å². The van der Waals surface area contributed by atoms with E-state index in [1.54, 1.807) is 18.1 Å². The number of anilines is 2. The molecule has 4 rings (SSSR count). The van der Waals surface area contributed by atoms with E-state index in [1.165, 1.54) is 0 Å². The Morgan fingerprint density at radius 2 is 1.90 bits per heavy atom. The number of aromatic nitrogens is 2. The van der Waals surface area contributed by atoms with Crippen LogP contribution in [0.4, 0.5) is 11.5 Å². The number of carbonyl (C=O) groups excluding carboxylic acids is 1. The molecule has 29 heavy (non-hydrogen) atoms. The second-order valence-corrected chi connectivity index (χ2v) is 8.70. The van der Waals surface area contributed by atoms with Crippen LogP contribution in [0.15, 0.2) is 35.4 Å². The summed E-state index contributed by atoms with van der Waals surface area (Å²) in [6, 6.07) is 8.23. The normalized spacial score (nSPS) is 23.1. The molecular formula is C20H28N6O2S. The fourth-order valence-corrected chi connectivity index (χ4v) is 4.71. The van der Waals surface area contributed by atoms with Crippen molar-refractivity contribution in [2.75, 3.05) is 31.6 Å². The van der Waals surface area contributed by atoms with Gasteiger partial charge in [0.2, 0.25) is 0 Å². The number of nitrogens with zero attached hydrogens (tertiary/aromatic N) is 3.